The van der Waals surface area contributed by atoms with E-state index in [-0.39, 0.29) is 11.9 Å². The van der Waals surface area contributed by atoms with E-state index < -0.39 is 5.54 Å². The molecule has 1 fully saturated rings. The molecular weight excluding hydrogens is 304 g/mol. The Morgan fingerprint density at radius 3 is 2.79 bits per heavy atom. The highest BCUT2D eigenvalue weighted by atomic mass is 16.2. The second-order valence-electron chi connectivity index (χ2n) is 6.57. The lowest BCUT2D eigenvalue weighted by Gasteiger charge is -2.32. The average molecular weight is 324 g/mol. The standard InChI is InChI=1S/C18H20N4O2/c23-16-18(7-6-14-4-1-2-5-15(14)12-18)20-17(24)22(16)10-3-9-21-11-8-19-13-21/h1-2,4-5,8,11,13H,3,6-7,9-10,12H2,(H,20,24)/t18-/m0/s1. The van der Waals surface area contributed by atoms with Gasteiger partial charge in [-0.25, -0.2) is 9.78 Å². The first-order valence-electron chi connectivity index (χ1n) is 8.35. The monoisotopic (exact) mass is 324 g/mol. The summed E-state index contributed by atoms with van der Waals surface area (Å²) in [5.74, 6) is -0.0763. The fourth-order valence-corrected chi connectivity index (χ4v) is 3.73. The molecule has 1 aromatic carbocycles. The zero-order valence-electron chi connectivity index (χ0n) is 13.4. The van der Waals surface area contributed by atoms with Crippen molar-refractivity contribution in [3.63, 3.8) is 0 Å². The molecule has 1 aliphatic heterocycles. The number of urea groups is 1. The summed E-state index contributed by atoms with van der Waals surface area (Å²) in [5.41, 5.74) is 1.70. The molecule has 1 aliphatic carbocycles. The van der Waals surface area contributed by atoms with E-state index in [0.717, 1.165) is 24.9 Å². The van der Waals surface area contributed by atoms with Crippen LogP contribution < -0.4 is 5.32 Å². The van der Waals surface area contributed by atoms with Gasteiger partial charge in [0, 0.05) is 31.9 Å². The third-order valence-electron chi connectivity index (χ3n) is 5.03. The molecule has 1 aromatic heterocycles. The Balaban J connectivity index is 1.45. The number of nitrogens with zero attached hydrogens (tertiary/aromatic N) is 3. The lowest BCUT2D eigenvalue weighted by Crippen LogP contribution is -2.51. The molecule has 6 heteroatoms. The molecule has 2 aromatic rings. The van der Waals surface area contributed by atoms with Crippen LogP contribution in [-0.4, -0.2) is 38.5 Å². The number of rotatable bonds is 4. The molecule has 0 bridgehead atoms. The fourth-order valence-electron chi connectivity index (χ4n) is 3.73. The number of aryl methyl sites for hydroxylation is 2. The number of aromatic nitrogens is 2. The van der Waals surface area contributed by atoms with Gasteiger partial charge in [0.05, 0.1) is 6.33 Å². The van der Waals surface area contributed by atoms with E-state index in [2.05, 4.69) is 22.4 Å². The highest BCUT2D eigenvalue weighted by molar-refractivity contribution is 6.07. The van der Waals surface area contributed by atoms with Crippen LogP contribution in [0.4, 0.5) is 4.79 Å². The minimum Gasteiger partial charge on any atom is -0.337 e. The molecule has 0 unspecified atom stereocenters. The second-order valence-corrected chi connectivity index (χ2v) is 6.57. The van der Waals surface area contributed by atoms with Gasteiger partial charge in [-0.3, -0.25) is 9.69 Å². The Morgan fingerprint density at radius 2 is 2.00 bits per heavy atom. The fraction of sp³-hybridized carbons (Fsp3) is 0.389. The normalized spacial score (nSPS) is 22.8. The smallest absolute Gasteiger partial charge is 0.325 e. The van der Waals surface area contributed by atoms with Crippen LogP contribution in [0.5, 0.6) is 0 Å². The van der Waals surface area contributed by atoms with Crippen molar-refractivity contribution in [2.24, 2.45) is 0 Å². The summed E-state index contributed by atoms with van der Waals surface area (Å²) in [6, 6.07) is 7.91. The van der Waals surface area contributed by atoms with Gasteiger partial charge in [-0.2, -0.15) is 0 Å². The molecule has 1 N–H and O–H groups in total. The molecule has 1 spiro atoms. The van der Waals surface area contributed by atoms with Crippen molar-refractivity contribution in [2.75, 3.05) is 6.54 Å². The molecule has 1 atom stereocenters. The number of carbonyl (C=O) groups excluding carboxylic acids is 2. The predicted molar refractivity (Wildman–Crippen MR) is 88.3 cm³/mol. The van der Waals surface area contributed by atoms with Crippen LogP contribution in [-0.2, 0) is 24.2 Å². The lowest BCUT2D eigenvalue weighted by atomic mass is 9.78. The molecule has 24 heavy (non-hydrogen) atoms. The number of imide groups is 1. The van der Waals surface area contributed by atoms with Crippen LogP contribution in [0.2, 0.25) is 0 Å². The average Bonchev–Trinajstić information content (AvgIpc) is 3.18. The quantitative estimate of drug-likeness (QED) is 0.871. The Labute approximate surface area is 140 Å². The van der Waals surface area contributed by atoms with Crippen LogP contribution >= 0.6 is 0 Å². The van der Waals surface area contributed by atoms with Crippen molar-refractivity contribution < 1.29 is 9.59 Å². The third kappa shape index (κ3) is 2.48. The number of benzene rings is 1. The van der Waals surface area contributed by atoms with E-state index >= 15 is 0 Å². The van der Waals surface area contributed by atoms with Gasteiger partial charge in [-0.15, -0.1) is 0 Å². The first-order chi connectivity index (χ1) is 11.7. The minimum atomic E-state index is -0.750. The van der Waals surface area contributed by atoms with E-state index in [1.54, 1.807) is 12.5 Å². The van der Waals surface area contributed by atoms with Crippen molar-refractivity contribution in [2.45, 2.75) is 37.8 Å². The van der Waals surface area contributed by atoms with Crippen LogP contribution in [0.25, 0.3) is 0 Å². The molecule has 6 nitrogen and oxygen atoms in total. The second kappa shape index (κ2) is 5.78. The molecular formula is C18H20N4O2. The molecule has 0 saturated carbocycles. The number of hydrogen-bond donors (Lipinski definition) is 1. The number of fused-ring (bicyclic) bond motifs is 1. The Kier molecular flexibility index (Phi) is 3.59. The first-order valence-corrected chi connectivity index (χ1v) is 8.35. The Morgan fingerprint density at radius 1 is 1.17 bits per heavy atom. The van der Waals surface area contributed by atoms with Crippen LogP contribution in [0.3, 0.4) is 0 Å². The molecule has 2 aliphatic rings. The lowest BCUT2D eigenvalue weighted by molar-refractivity contribution is -0.131. The van der Waals surface area contributed by atoms with Crippen LogP contribution in [0, 0.1) is 0 Å². The van der Waals surface area contributed by atoms with Crippen molar-refractivity contribution >= 4 is 11.9 Å². The highest BCUT2D eigenvalue weighted by Crippen LogP contribution is 2.33. The van der Waals surface area contributed by atoms with Crippen molar-refractivity contribution in [3.05, 3.63) is 54.1 Å². The summed E-state index contributed by atoms with van der Waals surface area (Å²) in [7, 11) is 0. The maximum absolute atomic E-state index is 12.9. The Hall–Kier alpha value is -2.63. The molecule has 4 rings (SSSR count). The number of nitrogens with one attached hydrogen (secondary N) is 1. The summed E-state index contributed by atoms with van der Waals surface area (Å²) in [6.07, 6.45) is 8.16. The Bertz CT molecular complexity index is 771. The summed E-state index contributed by atoms with van der Waals surface area (Å²) in [4.78, 5) is 30.6. The highest BCUT2D eigenvalue weighted by Gasteiger charge is 2.51. The molecule has 124 valence electrons. The summed E-state index contributed by atoms with van der Waals surface area (Å²) < 4.78 is 1.95. The maximum Gasteiger partial charge on any atom is 0.325 e. The SMILES string of the molecule is O=C1N[C@]2(CCc3ccccc3C2)C(=O)N1CCCn1ccnc1. The molecule has 2 heterocycles. The van der Waals surface area contributed by atoms with E-state index in [9.17, 15) is 9.59 Å². The number of amides is 3. The predicted octanol–water partition coefficient (Wildman–Crippen LogP) is 1.75. The third-order valence-corrected chi connectivity index (χ3v) is 5.03. The summed E-state index contributed by atoms with van der Waals surface area (Å²) in [5, 5.41) is 2.97. The van der Waals surface area contributed by atoms with Gasteiger partial charge in [0.2, 0.25) is 0 Å². The van der Waals surface area contributed by atoms with Gasteiger partial charge in [-0.05, 0) is 30.4 Å². The van der Waals surface area contributed by atoms with Crippen LogP contribution in [0.15, 0.2) is 43.0 Å². The first kappa shape index (κ1) is 14.9. The number of carbonyl (C=O) groups is 2. The van der Waals surface area contributed by atoms with Gasteiger partial charge in [0.15, 0.2) is 0 Å². The minimum absolute atomic E-state index is 0.0763. The largest absolute Gasteiger partial charge is 0.337 e. The number of imidazole rings is 1. The van der Waals surface area contributed by atoms with Crippen molar-refractivity contribution in [3.8, 4) is 0 Å². The summed E-state index contributed by atoms with van der Waals surface area (Å²) >= 11 is 0. The topological polar surface area (TPSA) is 67.2 Å². The van der Waals surface area contributed by atoms with Gasteiger partial charge in [0.1, 0.15) is 5.54 Å². The van der Waals surface area contributed by atoms with Gasteiger partial charge < -0.3 is 9.88 Å². The van der Waals surface area contributed by atoms with E-state index in [1.807, 2.05) is 22.9 Å². The maximum atomic E-state index is 12.9. The van der Waals surface area contributed by atoms with E-state index in [0.29, 0.717) is 19.4 Å². The number of hydrogen-bond acceptors (Lipinski definition) is 3. The van der Waals surface area contributed by atoms with Gasteiger partial charge >= 0.3 is 6.03 Å². The van der Waals surface area contributed by atoms with Gasteiger partial charge in [0.25, 0.3) is 5.91 Å². The molecule has 1 saturated heterocycles. The van der Waals surface area contributed by atoms with Crippen molar-refractivity contribution in [1.29, 1.82) is 0 Å². The summed E-state index contributed by atoms with van der Waals surface area (Å²) in [6.45, 7) is 1.18. The van der Waals surface area contributed by atoms with E-state index in [4.69, 9.17) is 0 Å². The van der Waals surface area contributed by atoms with E-state index in [1.165, 1.54) is 10.5 Å². The molecule has 3 amide bonds. The zero-order valence-corrected chi connectivity index (χ0v) is 13.4. The van der Waals surface area contributed by atoms with Crippen LogP contribution in [0.1, 0.15) is 24.0 Å². The molecule has 0 radical (unpaired) electrons. The van der Waals surface area contributed by atoms with Gasteiger partial charge in [-0.1, -0.05) is 24.3 Å². The zero-order chi connectivity index (χ0) is 16.6. The van der Waals surface area contributed by atoms with Crippen molar-refractivity contribution in [1.82, 2.24) is 19.8 Å².